The zero-order valence-corrected chi connectivity index (χ0v) is 15.7. The maximum atomic E-state index is 12.8. The number of allylic oxidation sites excluding steroid dienone is 1. The molecule has 1 aliphatic heterocycles. The molecule has 0 saturated carbocycles. The summed E-state index contributed by atoms with van der Waals surface area (Å²) in [6, 6.07) is 3.81. The van der Waals surface area contributed by atoms with Crippen LogP contribution in [0.4, 0.5) is 0 Å². The Hall–Kier alpha value is -2.05. The molecule has 4 rings (SSSR count). The van der Waals surface area contributed by atoms with Gasteiger partial charge in [-0.15, -0.1) is 0 Å². The van der Waals surface area contributed by atoms with Crippen molar-refractivity contribution in [3.63, 3.8) is 0 Å². The standard InChI is InChI=1S/C20H25NO5/c1-21-8-7-19-10-13(22)15(25-3)11-20(19,23)16(21)9-12-5-6-14(24-2)18(26-4)17(12)19/h5-6,11,16,23H,7-10H2,1-4H3/t16-,19-,20-/m0/s1. The summed E-state index contributed by atoms with van der Waals surface area (Å²) in [5, 5.41) is 11.9. The van der Waals surface area contributed by atoms with E-state index in [-0.39, 0.29) is 24.0 Å². The largest absolute Gasteiger partial charge is 0.493 e. The summed E-state index contributed by atoms with van der Waals surface area (Å²) in [5.74, 6) is 1.40. The first-order valence-corrected chi connectivity index (χ1v) is 8.89. The summed E-state index contributed by atoms with van der Waals surface area (Å²) >= 11 is 0. The van der Waals surface area contributed by atoms with Crippen LogP contribution in [-0.4, -0.2) is 62.4 Å². The second-order valence-electron chi connectivity index (χ2n) is 7.51. The number of hydrogen-bond donors (Lipinski definition) is 1. The van der Waals surface area contributed by atoms with Crippen molar-refractivity contribution < 1.29 is 24.1 Å². The van der Waals surface area contributed by atoms with Gasteiger partial charge >= 0.3 is 0 Å². The molecule has 1 heterocycles. The molecule has 0 spiro atoms. The van der Waals surface area contributed by atoms with Gasteiger partial charge in [0.2, 0.25) is 0 Å². The van der Waals surface area contributed by atoms with Gasteiger partial charge in [-0.1, -0.05) is 6.07 Å². The molecule has 0 aromatic heterocycles. The molecular weight excluding hydrogens is 334 g/mol. The summed E-state index contributed by atoms with van der Waals surface area (Å²) in [6.45, 7) is 0.802. The predicted molar refractivity (Wildman–Crippen MR) is 95.6 cm³/mol. The first-order chi connectivity index (χ1) is 12.4. The Morgan fingerprint density at radius 3 is 2.62 bits per heavy atom. The molecule has 2 aliphatic carbocycles. The number of nitrogens with zero attached hydrogens (tertiary/aromatic N) is 1. The molecule has 0 amide bonds. The van der Waals surface area contributed by atoms with Gasteiger partial charge in [0.15, 0.2) is 23.0 Å². The Morgan fingerprint density at radius 1 is 1.19 bits per heavy atom. The highest BCUT2D eigenvalue weighted by atomic mass is 16.5. The number of likely N-dealkylation sites (tertiary alicyclic amines) is 1. The first-order valence-electron chi connectivity index (χ1n) is 8.89. The lowest BCUT2D eigenvalue weighted by molar-refractivity contribution is -0.141. The van der Waals surface area contributed by atoms with Gasteiger partial charge in [-0.05, 0) is 44.1 Å². The monoisotopic (exact) mass is 359 g/mol. The topological polar surface area (TPSA) is 68.2 Å². The van der Waals surface area contributed by atoms with Crippen molar-refractivity contribution in [1.29, 1.82) is 0 Å². The van der Waals surface area contributed by atoms with Crippen LogP contribution >= 0.6 is 0 Å². The Labute approximate surface area is 153 Å². The van der Waals surface area contributed by atoms with Crippen molar-refractivity contribution in [2.24, 2.45) is 0 Å². The number of ether oxygens (including phenoxy) is 3. The third kappa shape index (κ3) is 1.97. The second-order valence-corrected chi connectivity index (χ2v) is 7.51. The molecule has 0 unspecified atom stereocenters. The molecule has 0 radical (unpaired) electrons. The van der Waals surface area contributed by atoms with E-state index in [4.69, 9.17) is 14.2 Å². The maximum Gasteiger partial charge on any atom is 0.198 e. The Kier molecular flexibility index (Phi) is 3.82. The van der Waals surface area contributed by atoms with Crippen molar-refractivity contribution in [2.45, 2.75) is 36.3 Å². The van der Waals surface area contributed by atoms with E-state index in [2.05, 4.69) is 4.90 Å². The van der Waals surface area contributed by atoms with Gasteiger partial charge < -0.3 is 19.3 Å². The number of carbonyl (C=O) groups is 1. The molecule has 6 nitrogen and oxygen atoms in total. The van der Waals surface area contributed by atoms with Gasteiger partial charge in [0, 0.05) is 23.4 Å². The third-order valence-electron chi connectivity index (χ3n) is 6.53. The Bertz CT molecular complexity index is 804. The lowest BCUT2D eigenvalue weighted by atomic mass is 9.51. The molecular formula is C20H25NO5. The molecule has 3 aliphatic rings. The highest BCUT2D eigenvalue weighted by Gasteiger charge is 2.65. The first kappa shape index (κ1) is 17.4. The number of rotatable bonds is 3. The van der Waals surface area contributed by atoms with Crippen molar-refractivity contribution in [3.05, 3.63) is 35.1 Å². The van der Waals surface area contributed by atoms with Crippen LogP contribution in [0.3, 0.4) is 0 Å². The average Bonchev–Trinajstić information content (AvgIpc) is 2.63. The fraction of sp³-hybridized carbons (Fsp3) is 0.550. The molecule has 1 N–H and O–H groups in total. The number of Topliss-reactive ketones (excluding diaryl/α,β-unsaturated/α-hetero) is 1. The molecule has 1 fully saturated rings. The molecule has 1 aromatic rings. The van der Waals surface area contributed by atoms with Gasteiger partial charge in [0.1, 0.15) is 5.60 Å². The van der Waals surface area contributed by atoms with Crippen LogP contribution in [0.1, 0.15) is 24.0 Å². The van der Waals surface area contributed by atoms with Crippen LogP contribution in [0.25, 0.3) is 0 Å². The fourth-order valence-corrected chi connectivity index (χ4v) is 5.25. The van der Waals surface area contributed by atoms with Crippen LogP contribution in [0, 0.1) is 0 Å². The lowest BCUT2D eigenvalue weighted by Gasteiger charge is -2.61. The lowest BCUT2D eigenvalue weighted by Crippen LogP contribution is -2.71. The number of hydrogen-bond acceptors (Lipinski definition) is 6. The molecule has 2 bridgehead atoms. The summed E-state index contributed by atoms with van der Waals surface area (Å²) in [5.41, 5.74) is 0.0692. The smallest absolute Gasteiger partial charge is 0.198 e. The summed E-state index contributed by atoms with van der Waals surface area (Å²) in [6.07, 6.45) is 3.17. The van der Waals surface area contributed by atoms with E-state index in [9.17, 15) is 9.90 Å². The molecule has 140 valence electrons. The van der Waals surface area contributed by atoms with Crippen molar-refractivity contribution in [3.8, 4) is 11.5 Å². The number of carbonyl (C=O) groups excluding carboxylic acids is 1. The van der Waals surface area contributed by atoms with E-state index in [1.807, 2.05) is 19.2 Å². The fourth-order valence-electron chi connectivity index (χ4n) is 5.25. The van der Waals surface area contributed by atoms with E-state index < -0.39 is 11.0 Å². The van der Waals surface area contributed by atoms with Crippen LogP contribution in [0.5, 0.6) is 11.5 Å². The molecule has 1 aromatic carbocycles. The second kappa shape index (κ2) is 5.72. The molecule has 26 heavy (non-hydrogen) atoms. The zero-order valence-electron chi connectivity index (χ0n) is 15.7. The minimum Gasteiger partial charge on any atom is -0.493 e. The van der Waals surface area contributed by atoms with E-state index in [0.29, 0.717) is 24.3 Å². The van der Waals surface area contributed by atoms with Gasteiger partial charge in [-0.3, -0.25) is 9.69 Å². The Balaban J connectivity index is 2.05. The maximum absolute atomic E-state index is 12.8. The number of ketones is 1. The van der Waals surface area contributed by atoms with Crippen molar-refractivity contribution >= 4 is 5.78 Å². The van der Waals surface area contributed by atoms with Crippen molar-refractivity contribution in [1.82, 2.24) is 4.90 Å². The number of likely N-dealkylation sites (N-methyl/N-ethyl adjacent to an activating group) is 1. The van der Waals surface area contributed by atoms with Crippen molar-refractivity contribution in [2.75, 3.05) is 34.9 Å². The van der Waals surface area contributed by atoms with Crippen LogP contribution in [0.2, 0.25) is 0 Å². The van der Waals surface area contributed by atoms with Gasteiger partial charge in [-0.25, -0.2) is 0 Å². The SMILES string of the molecule is COC1=C[C@]2(O)[C@@H]3Cc4ccc(OC)c(OC)c4[C@]2(CCN3C)CC1=O. The highest BCUT2D eigenvalue weighted by molar-refractivity contribution is 5.97. The minimum atomic E-state index is -1.20. The zero-order chi connectivity index (χ0) is 18.7. The molecule has 1 saturated heterocycles. The quantitative estimate of drug-likeness (QED) is 0.881. The van der Waals surface area contributed by atoms with E-state index in [1.54, 1.807) is 20.3 Å². The molecule has 3 atom stereocenters. The minimum absolute atomic E-state index is 0.0850. The van der Waals surface area contributed by atoms with Crippen LogP contribution < -0.4 is 9.47 Å². The average molecular weight is 359 g/mol. The van der Waals surface area contributed by atoms with Crippen LogP contribution in [-0.2, 0) is 21.4 Å². The summed E-state index contributed by atoms with van der Waals surface area (Å²) in [7, 11) is 6.71. The van der Waals surface area contributed by atoms with E-state index >= 15 is 0 Å². The number of benzene rings is 1. The normalized spacial score (nSPS) is 33.0. The molecule has 6 heteroatoms. The van der Waals surface area contributed by atoms with Gasteiger partial charge in [-0.2, -0.15) is 0 Å². The Morgan fingerprint density at radius 2 is 1.96 bits per heavy atom. The number of fused-ring (bicyclic) bond motifs is 1. The third-order valence-corrected chi connectivity index (χ3v) is 6.53. The van der Waals surface area contributed by atoms with Crippen LogP contribution in [0.15, 0.2) is 24.0 Å². The van der Waals surface area contributed by atoms with E-state index in [1.165, 1.54) is 7.11 Å². The summed E-state index contributed by atoms with van der Waals surface area (Å²) in [4.78, 5) is 15.0. The van der Waals surface area contributed by atoms with Gasteiger partial charge in [0.05, 0.1) is 21.3 Å². The van der Waals surface area contributed by atoms with E-state index in [0.717, 1.165) is 17.7 Å². The number of piperidine rings is 1. The summed E-state index contributed by atoms with van der Waals surface area (Å²) < 4.78 is 16.5. The van der Waals surface area contributed by atoms with Gasteiger partial charge in [0.25, 0.3) is 0 Å². The predicted octanol–water partition coefficient (Wildman–Crippen LogP) is 1.44. The highest BCUT2D eigenvalue weighted by Crippen LogP contribution is 2.59. The number of aliphatic hydroxyl groups is 1. The number of methoxy groups -OCH3 is 3.